The molecule has 1 aliphatic rings. The molecule has 4 nitrogen and oxygen atoms in total. The molecule has 1 fully saturated rings. The molecule has 0 bridgehead atoms. The smallest absolute Gasteiger partial charge is 0.276 e. The van der Waals surface area contributed by atoms with Crippen LogP contribution in [0.4, 0.5) is 0 Å². The van der Waals surface area contributed by atoms with Gasteiger partial charge < -0.3 is 9.42 Å². The van der Waals surface area contributed by atoms with Gasteiger partial charge in [-0.25, -0.2) is 0 Å². The summed E-state index contributed by atoms with van der Waals surface area (Å²) in [4.78, 5) is 14.6. The highest BCUT2D eigenvalue weighted by molar-refractivity contribution is 5.93. The number of carbonyl (C=O) groups excluding carboxylic acids is 1. The lowest BCUT2D eigenvalue weighted by molar-refractivity contribution is 0.0597. The first kappa shape index (κ1) is 14.8. The van der Waals surface area contributed by atoms with Crippen LogP contribution >= 0.6 is 0 Å². The molecule has 4 heteroatoms. The van der Waals surface area contributed by atoms with Gasteiger partial charge in [-0.1, -0.05) is 35.8 Å². The van der Waals surface area contributed by atoms with E-state index in [0.29, 0.717) is 17.5 Å². The molecule has 1 aromatic carbocycles. The van der Waals surface area contributed by atoms with Crippen molar-refractivity contribution in [2.24, 2.45) is 0 Å². The van der Waals surface area contributed by atoms with Crippen molar-refractivity contribution in [3.8, 4) is 11.3 Å². The Hall–Kier alpha value is -2.10. The van der Waals surface area contributed by atoms with Gasteiger partial charge in [0.05, 0.1) is 0 Å². The molecule has 0 spiro atoms. The van der Waals surface area contributed by atoms with Crippen LogP contribution in [0.1, 0.15) is 48.7 Å². The van der Waals surface area contributed by atoms with Gasteiger partial charge in [-0.3, -0.25) is 4.79 Å². The molecule has 0 radical (unpaired) electrons. The second-order valence-corrected chi connectivity index (χ2v) is 6.00. The molecule has 2 heterocycles. The van der Waals surface area contributed by atoms with E-state index in [9.17, 15) is 4.79 Å². The van der Waals surface area contributed by atoms with Crippen molar-refractivity contribution >= 4 is 5.91 Å². The van der Waals surface area contributed by atoms with Crippen LogP contribution in [0, 0.1) is 6.92 Å². The van der Waals surface area contributed by atoms with Crippen molar-refractivity contribution in [1.82, 2.24) is 10.1 Å². The molecule has 1 aliphatic heterocycles. The highest BCUT2D eigenvalue weighted by Crippen LogP contribution is 2.25. The predicted octanol–water partition coefficient (Wildman–Crippen LogP) is 4.05. The minimum absolute atomic E-state index is 0.00537. The van der Waals surface area contributed by atoms with Crippen molar-refractivity contribution in [3.63, 3.8) is 0 Å². The van der Waals surface area contributed by atoms with E-state index in [1.807, 2.05) is 36.1 Å². The Kier molecular flexibility index (Phi) is 4.27. The summed E-state index contributed by atoms with van der Waals surface area (Å²) in [5, 5.41) is 4.00. The minimum Gasteiger partial charge on any atom is -0.355 e. The Labute approximate surface area is 131 Å². The van der Waals surface area contributed by atoms with E-state index in [2.05, 4.69) is 12.1 Å². The summed E-state index contributed by atoms with van der Waals surface area (Å²) >= 11 is 0. The van der Waals surface area contributed by atoms with Crippen molar-refractivity contribution in [2.45, 2.75) is 45.6 Å². The van der Waals surface area contributed by atoms with E-state index in [4.69, 9.17) is 4.52 Å². The summed E-state index contributed by atoms with van der Waals surface area (Å²) in [6.07, 6.45) is 4.36. The third-order valence-electron chi connectivity index (χ3n) is 4.39. The van der Waals surface area contributed by atoms with Crippen LogP contribution in [0.2, 0.25) is 0 Å². The number of hydrogen-bond donors (Lipinski definition) is 0. The zero-order valence-corrected chi connectivity index (χ0v) is 13.2. The van der Waals surface area contributed by atoms with Gasteiger partial charge in [0.25, 0.3) is 5.91 Å². The largest absolute Gasteiger partial charge is 0.355 e. The number of aryl methyl sites for hydroxylation is 1. The summed E-state index contributed by atoms with van der Waals surface area (Å²) in [6, 6.07) is 10.1. The van der Waals surface area contributed by atoms with E-state index < -0.39 is 0 Å². The van der Waals surface area contributed by atoms with Crippen molar-refractivity contribution in [1.29, 1.82) is 0 Å². The summed E-state index contributed by atoms with van der Waals surface area (Å²) in [5.41, 5.74) is 2.53. The van der Waals surface area contributed by atoms with Gasteiger partial charge in [0.2, 0.25) is 0 Å². The number of rotatable bonds is 3. The molecule has 2 aromatic rings. The molecular weight excluding hydrogens is 276 g/mol. The van der Waals surface area contributed by atoms with Crippen molar-refractivity contribution < 1.29 is 9.32 Å². The zero-order chi connectivity index (χ0) is 15.5. The summed E-state index contributed by atoms with van der Waals surface area (Å²) in [5.74, 6) is 0.645. The monoisotopic (exact) mass is 298 g/mol. The second-order valence-electron chi connectivity index (χ2n) is 6.00. The third kappa shape index (κ3) is 2.91. The zero-order valence-electron chi connectivity index (χ0n) is 13.2. The fraction of sp³-hybridized carbons (Fsp3) is 0.444. The summed E-state index contributed by atoms with van der Waals surface area (Å²) in [7, 11) is 0. The normalized spacial score (nSPS) is 18.5. The SMILES string of the molecule is CCC1CCCCN1C(=O)c1cc(-c2cccc(C)c2)on1. The number of aromatic nitrogens is 1. The van der Waals surface area contributed by atoms with E-state index in [1.54, 1.807) is 6.07 Å². The Morgan fingerprint density at radius 2 is 2.23 bits per heavy atom. The first-order valence-corrected chi connectivity index (χ1v) is 8.03. The molecule has 22 heavy (non-hydrogen) atoms. The van der Waals surface area contributed by atoms with Crippen LogP contribution < -0.4 is 0 Å². The lowest BCUT2D eigenvalue weighted by Crippen LogP contribution is -2.43. The number of likely N-dealkylation sites (tertiary alicyclic amines) is 1. The topological polar surface area (TPSA) is 46.3 Å². The second kappa shape index (κ2) is 6.34. The molecule has 0 saturated carbocycles. The number of benzene rings is 1. The third-order valence-corrected chi connectivity index (χ3v) is 4.39. The van der Waals surface area contributed by atoms with Crippen LogP contribution in [0.5, 0.6) is 0 Å². The molecule has 0 N–H and O–H groups in total. The maximum atomic E-state index is 12.7. The molecule has 1 amide bonds. The van der Waals surface area contributed by atoms with Crippen LogP contribution in [-0.2, 0) is 0 Å². The lowest BCUT2D eigenvalue weighted by atomic mass is 9.99. The quantitative estimate of drug-likeness (QED) is 0.858. The lowest BCUT2D eigenvalue weighted by Gasteiger charge is -2.34. The molecule has 1 unspecified atom stereocenters. The average molecular weight is 298 g/mol. The number of piperidine rings is 1. The number of amides is 1. The van der Waals surface area contributed by atoms with Gasteiger partial charge in [-0.05, 0) is 38.7 Å². The van der Waals surface area contributed by atoms with Gasteiger partial charge in [0, 0.05) is 24.2 Å². The molecule has 1 atom stereocenters. The minimum atomic E-state index is -0.00537. The average Bonchev–Trinajstić information content (AvgIpc) is 3.04. The standard InChI is InChI=1S/C18H22N2O2/c1-3-15-9-4-5-10-20(15)18(21)16-12-17(22-19-16)14-8-6-7-13(2)11-14/h6-8,11-12,15H,3-5,9-10H2,1-2H3. The van der Waals surface area contributed by atoms with E-state index in [-0.39, 0.29) is 5.91 Å². The fourth-order valence-electron chi connectivity index (χ4n) is 3.15. The van der Waals surface area contributed by atoms with Crippen molar-refractivity contribution in [3.05, 3.63) is 41.6 Å². The van der Waals surface area contributed by atoms with Crippen LogP contribution in [0.3, 0.4) is 0 Å². The molecular formula is C18H22N2O2. The van der Waals surface area contributed by atoms with E-state index >= 15 is 0 Å². The van der Waals surface area contributed by atoms with Crippen LogP contribution in [-0.4, -0.2) is 28.6 Å². The van der Waals surface area contributed by atoms with Crippen LogP contribution in [0.25, 0.3) is 11.3 Å². The predicted molar refractivity (Wildman–Crippen MR) is 85.6 cm³/mol. The number of nitrogens with zero attached hydrogens (tertiary/aromatic N) is 2. The molecule has 3 rings (SSSR count). The Morgan fingerprint density at radius 1 is 1.36 bits per heavy atom. The van der Waals surface area contributed by atoms with Gasteiger partial charge in [0.15, 0.2) is 11.5 Å². The van der Waals surface area contributed by atoms with E-state index in [0.717, 1.165) is 36.9 Å². The summed E-state index contributed by atoms with van der Waals surface area (Å²) in [6.45, 7) is 4.99. The number of hydrogen-bond acceptors (Lipinski definition) is 3. The first-order valence-electron chi connectivity index (χ1n) is 8.03. The van der Waals surface area contributed by atoms with Gasteiger partial charge in [-0.15, -0.1) is 0 Å². The van der Waals surface area contributed by atoms with Gasteiger partial charge in [-0.2, -0.15) is 0 Å². The van der Waals surface area contributed by atoms with Gasteiger partial charge in [0.1, 0.15) is 0 Å². The Bertz CT molecular complexity index is 663. The van der Waals surface area contributed by atoms with Crippen LogP contribution in [0.15, 0.2) is 34.9 Å². The highest BCUT2D eigenvalue weighted by Gasteiger charge is 2.28. The summed E-state index contributed by atoms with van der Waals surface area (Å²) < 4.78 is 5.39. The Morgan fingerprint density at radius 3 is 3.00 bits per heavy atom. The number of carbonyl (C=O) groups is 1. The molecule has 0 aliphatic carbocycles. The fourth-order valence-corrected chi connectivity index (χ4v) is 3.15. The highest BCUT2D eigenvalue weighted by atomic mass is 16.5. The Balaban J connectivity index is 1.82. The van der Waals surface area contributed by atoms with Gasteiger partial charge >= 0.3 is 0 Å². The molecule has 1 saturated heterocycles. The first-order chi connectivity index (χ1) is 10.7. The maximum Gasteiger partial charge on any atom is 0.276 e. The molecule has 1 aromatic heterocycles. The van der Waals surface area contributed by atoms with Crippen molar-refractivity contribution in [2.75, 3.05) is 6.54 Å². The maximum absolute atomic E-state index is 12.7. The van der Waals surface area contributed by atoms with E-state index in [1.165, 1.54) is 6.42 Å². The molecule has 116 valence electrons.